The Bertz CT molecular complexity index is 2950. The Balaban J connectivity index is 1.08. The van der Waals surface area contributed by atoms with Crippen LogP contribution in [-0.4, -0.2) is 0 Å². The Morgan fingerprint density at radius 1 is 0.525 bits per heavy atom. The minimum Gasteiger partial charge on any atom is -0.311 e. The van der Waals surface area contributed by atoms with Gasteiger partial charge in [0.25, 0.3) is 0 Å². The fourth-order valence-corrected chi connectivity index (χ4v) is 9.65. The van der Waals surface area contributed by atoms with E-state index in [0.717, 1.165) is 48.3 Å². The first kappa shape index (κ1) is 38.0. The SMILES string of the molecule is C=C1/C=C\C2=C(Cc3ccccc32)Cc2c(cc(-c3ccc(N(C(/C=C\C)=C/C=C(\C)c4ccccc4)c4ccc(-c5ccccc5)cc4)cc3)c3c2-c2ccccc2C3)C1. The highest BCUT2D eigenvalue weighted by atomic mass is 15.1. The minimum atomic E-state index is 0.828. The summed E-state index contributed by atoms with van der Waals surface area (Å²) >= 11 is 0. The number of anilines is 2. The van der Waals surface area contributed by atoms with Crippen molar-refractivity contribution in [1.29, 1.82) is 0 Å². The van der Waals surface area contributed by atoms with Crippen molar-refractivity contribution in [2.75, 3.05) is 4.90 Å². The van der Waals surface area contributed by atoms with Gasteiger partial charge < -0.3 is 4.90 Å². The van der Waals surface area contributed by atoms with Crippen LogP contribution in [0.5, 0.6) is 0 Å². The molecule has 0 N–H and O–H groups in total. The lowest BCUT2D eigenvalue weighted by Gasteiger charge is -2.27. The Labute approximate surface area is 361 Å². The minimum absolute atomic E-state index is 0.828. The molecule has 0 radical (unpaired) electrons. The van der Waals surface area contributed by atoms with E-state index in [2.05, 4.69) is 226 Å². The summed E-state index contributed by atoms with van der Waals surface area (Å²) in [6.45, 7) is 8.87. The van der Waals surface area contributed by atoms with Crippen molar-refractivity contribution < 1.29 is 0 Å². The summed E-state index contributed by atoms with van der Waals surface area (Å²) in [6.07, 6.45) is 17.1. The van der Waals surface area contributed by atoms with E-state index >= 15 is 0 Å². The third-order valence-electron chi connectivity index (χ3n) is 12.7. The number of allylic oxidation sites excluding steroid dienone is 10. The lowest BCUT2D eigenvalue weighted by Crippen LogP contribution is -2.15. The van der Waals surface area contributed by atoms with Crippen LogP contribution in [0.15, 0.2) is 224 Å². The van der Waals surface area contributed by atoms with Crippen LogP contribution >= 0.6 is 0 Å². The van der Waals surface area contributed by atoms with Crippen LogP contribution in [-0.2, 0) is 25.7 Å². The van der Waals surface area contributed by atoms with Crippen LogP contribution < -0.4 is 4.90 Å². The zero-order valence-electron chi connectivity index (χ0n) is 35.0. The summed E-state index contributed by atoms with van der Waals surface area (Å²) in [5.41, 5.74) is 26.0. The van der Waals surface area contributed by atoms with Crippen LogP contribution in [0.2, 0.25) is 0 Å². The molecule has 1 heteroatoms. The summed E-state index contributed by atoms with van der Waals surface area (Å²) in [5, 5.41) is 0. The third kappa shape index (κ3) is 7.38. The van der Waals surface area contributed by atoms with E-state index in [-0.39, 0.29) is 0 Å². The van der Waals surface area contributed by atoms with Crippen molar-refractivity contribution >= 4 is 22.5 Å². The Morgan fingerprint density at radius 2 is 1.13 bits per heavy atom. The molecule has 0 saturated carbocycles. The average Bonchev–Trinajstić information content (AvgIpc) is 3.88. The molecule has 7 aromatic rings. The highest BCUT2D eigenvalue weighted by molar-refractivity contribution is 5.91. The molecule has 1 nitrogen and oxygen atoms in total. The molecule has 0 unspecified atom stereocenters. The number of hydrogen-bond acceptors (Lipinski definition) is 1. The summed E-state index contributed by atoms with van der Waals surface area (Å²) < 4.78 is 0. The molecule has 3 aliphatic rings. The van der Waals surface area contributed by atoms with Gasteiger partial charge in [0, 0.05) is 17.1 Å². The van der Waals surface area contributed by atoms with E-state index in [1.165, 1.54) is 89.0 Å². The van der Waals surface area contributed by atoms with Gasteiger partial charge in [-0.25, -0.2) is 0 Å². The average molecular weight is 784 g/mol. The Kier molecular flexibility index (Phi) is 10.2. The van der Waals surface area contributed by atoms with Gasteiger partial charge >= 0.3 is 0 Å². The molecule has 0 saturated heterocycles. The highest BCUT2D eigenvalue weighted by Gasteiger charge is 2.30. The first-order chi connectivity index (χ1) is 30.0. The second kappa shape index (κ2) is 16.4. The molecule has 294 valence electrons. The molecule has 3 aliphatic carbocycles. The summed E-state index contributed by atoms with van der Waals surface area (Å²) in [6, 6.07) is 60.0. The standard InChI is InChI=1S/C60H49N/c1-4-15-51(30-25-42(3)43-16-7-5-8-17-43)61(52-31-26-45(27-32-52)44-18-9-6-10-19-44)53-33-28-46(29-34-53)57-39-49-36-41(2)24-35-55-50(37-47-20-11-13-22-54(47)55)40-58(49)60-56-23-14-12-21-48(56)38-59(57)60/h4-35,39H,2,36-38,40H2,1,3H3/b15-4-,35-24-,42-25+,51-30+. The van der Waals surface area contributed by atoms with Crippen LogP contribution in [0, 0.1) is 0 Å². The number of benzene rings is 7. The summed E-state index contributed by atoms with van der Waals surface area (Å²) in [5.74, 6) is 0. The molecule has 0 atom stereocenters. The largest absolute Gasteiger partial charge is 0.311 e. The van der Waals surface area contributed by atoms with Crippen LogP contribution in [0.25, 0.3) is 44.5 Å². The summed E-state index contributed by atoms with van der Waals surface area (Å²) in [7, 11) is 0. The van der Waals surface area contributed by atoms with Gasteiger partial charge in [0.1, 0.15) is 0 Å². The number of rotatable bonds is 8. The quantitative estimate of drug-likeness (QED) is 0.139. The Hall–Kier alpha value is -7.22. The zero-order valence-corrected chi connectivity index (χ0v) is 35.0. The van der Waals surface area contributed by atoms with Crippen LogP contribution in [0.4, 0.5) is 11.4 Å². The van der Waals surface area contributed by atoms with Crippen molar-refractivity contribution in [2.24, 2.45) is 0 Å². The maximum atomic E-state index is 4.59. The smallest absolute Gasteiger partial charge is 0.0462 e. The van der Waals surface area contributed by atoms with E-state index in [1.807, 2.05) is 0 Å². The van der Waals surface area contributed by atoms with Crippen molar-refractivity contribution in [3.05, 3.63) is 263 Å². The van der Waals surface area contributed by atoms with Crippen molar-refractivity contribution in [3.63, 3.8) is 0 Å². The van der Waals surface area contributed by atoms with E-state index < -0.39 is 0 Å². The van der Waals surface area contributed by atoms with E-state index in [0.29, 0.717) is 0 Å². The molecule has 10 rings (SSSR count). The van der Waals surface area contributed by atoms with Gasteiger partial charge in [-0.2, -0.15) is 0 Å². The van der Waals surface area contributed by atoms with Gasteiger partial charge in [0.05, 0.1) is 0 Å². The monoisotopic (exact) mass is 783 g/mol. The van der Waals surface area contributed by atoms with Crippen molar-refractivity contribution in [3.8, 4) is 33.4 Å². The highest BCUT2D eigenvalue weighted by Crippen LogP contribution is 2.48. The molecule has 0 amide bonds. The predicted octanol–water partition coefficient (Wildman–Crippen LogP) is 15.5. The topological polar surface area (TPSA) is 3.24 Å². The zero-order chi connectivity index (χ0) is 41.3. The van der Waals surface area contributed by atoms with Crippen molar-refractivity contribution in [2.45, 2.75) is 39.5 Å². The lowest BCUT2D eigenvalue weighted by molar-refractivity contribution is 1.03. The van der Waals surface area contributed by atoms with Crippen LogP contribution in [0.1, 0.15) is 52.8 Å². The van der Waals surface area contributed by atoms with Crippen LogP contribution in [0.3, 0.4) is 0 Å². The molecule has 0 aliphatic heterocycles. The van der Waals surface area contributed by atoms with E-state index in [9.17, 15) is 0 Å². The van der Waals surface area contributed by atoms with Gasteiger partial charge in [-0.15, -0.1) is 0 Å². The normalized spacial score (nSPS) is 15.0. The maximum absolute atomic E-state index is 4.59. The second-order valence-electron chi connectivity index (χ2n) is 16.5. The van der Waals surface area contributed by atoms with Gasteiger partial charge in [-0.3, -0.25) is 0 Å². The summed E-state index contributed by atoms with van der Waals surface area (Å²) in [4.78, 5) is 2.37. The van der Waals surface area contributed by atoms with Gasteiger partial charge in [-0.05, 0) is 159 Å². The maximum Gasteiger partial charge on any atom is 0.0462 e. The number of nitrogens with zero attached hydrogens (tertiary/aromatic N) is 1. The number of fused-ring (bicyclic) bond motifs is 7. The van der Waals surface area contributed by atoms with E-state index in [4.69, 9.17) is 0 Å². The van der Waals surface area contributed by atoms with E-state index in [1.54, 1.807) is 0 Å². The molecular formula is C60H49N. The molecule has 61 heavy (non-hydrogen) atoms. The molecular weight excluding hydrogens is 735 g/mol. The number of hydrogen-bond donors (Lipinski definition) is 0. The fraction of sp³-hybridized carbons (Fsp3) is 0.100. The van der Waals surface area contributed by atoms with Gasteiger partial charge in [0.15, 0.2) is 0 Å². The van der Waals surface area contributed by atoms with Gasteiger partial charge in [-0.1, -0.05) is 182 Å². The predicted molar refractivity (Wildman–Crippen MR) is 260 cm³/mol. The lowest BCUT2D eigenvalue weighted by atomic mass is 9.84. The first-order valence-corrected chi connectivity index (χ1v) is 21.6. The molecule has 0 bridgehead atoms. The fourth-order valence-electron chi connectivity index (χ4n) is 9.65. The first-order valence-electron chi connectivity index (χ1n) is 21.6. The molecule has 7 aromatic carbocycles. The van der Waals surface area contributed by atoms with Crippen molar-refractivity contribution in [1.82, 2.24) is 0 Å². The molecule has 0 aromatic heterocycles. The molecule has 0 spiro atoms. The molecule has 0 heterocycles. The van der Waals surface area contributed by atoms with Gasteiger partial charge in [0.2, 0.25) is 0 Å². The Morgan fingerprint density at radius 3 is 1.84 bits per heavy atom. The molecule has 0 fully saturated rings. The second-order valence-corrected chi connectivity index (χ2v) is 16.5. The third-order valence-corrected chi connectivity index (χ3v) is 12.7.